The minimum Gasteiger partial charge on any atom is -0.399 e. The van der Waals surface area contributed by atoms with Gasteiger partial charge in [-0.1, -0.05) is 12.1 Å². The van der Waals surface area contributed by atoms with E-state index in [2.05, 4.69) is 10.6 Å². The Hall–Kier alpha value is -2.24. The lowest BCUT2D eigenvalue weighted by atomic mass is 10.1. The third kappa shape index (κ3) is 5.41. The van der Waals surface area contributed by atoms with Crippen LogP contribution >= 0.6 is 0 Å². The summed E-state index contributed by atoms with van der Waals surface area (Å²) in [5.41, 5.74) is 12.0. The van der Waals surface area contributed by atoms with Crippen LogP contribution < -0.4 is 22.1 Å². The molecule has 17 heavy (non-hydrogen) atoms. The molecule has 1 aromatic carbocycles. The standard InChI is InChI=1S/C11H16N4O2/c12-9-3-1-8(2-4-9)7-10(16)14-5-6-15-11(13)17/h1-4H,5-7,12H2,(H,14,16)(H3,13,15,17). The fourth-order valence-electron chi connectivity index (χ4n) is 1.27. The summed E-state index contributed by atoms with van der Waals surface area (Å²) in [6.45, 7) is 0.680. The summed E-state index contributed by atoms with van der Waals surface area (Å²) < 4.78 is 0. The second kappa shape index (κ2) is 6.37. The number of nitrogens with one attached hydrogen (secondary N) is 2. The van der Waals surface area contributed by atoms with E-state index in [4.69, 9.17) is 11.5 Å². The number of anilines is 1. The Kier molecular flexibility index (Phi) is 4.80. The second-order valence-corrected chi connectivity index (χ2v) is 3.56. The first-order chi connectivity index (χ1) is 8.08. The highest BCUT2D eigenvalue weighted by Crippen LogP contribution is 2.05. The molecule has 6 heteroatoms. The number of nitrogens with two attached hydrogens (primary N) is 2. The van der Waals surface area contributed by atoms with Gasteiger partial charge in [-0.3, -0.25) is 4.79 Å². The molecule has 92 valence electrons. The van der Waals surface area contributed by atoms with E-state index in [1.54, 1.807) is 24.3 Å². The summed E-state index contributed by atoms with van der Waals surface area (Å²) in [6, 6.07) is 6.50. The maximum atomic E-state index is 11.5. The number of carbonyl (C=O) groups excluding carboxylic acids is 2. The van der Waals surface area contributed by atoms with Crippen LogP contribution in [0.3, 0.4) is 0 Å². The topological polar surface area (TPSA) is 110 Å². The molecule has 0 aliphatic carbocycles. The maximum absolute atomic E-state index is 11.5. The molecule has 0 atom stereocenters. The summed E-state index contributed by atoms with van der Waals surface area (Å²) >= 11 is 0. The monoisotopic (exact) mass is 236 g/mol. The predicted octanol–water partition coefficient (Wildman–Crippen LogP) is -0.404. The molecule has 0 bridgehead atoms. The van der Waals surface area contributed by atoms with Crippen LogP contribution in [0.5, 0.6) is 0 Å². The van der Waals surface area contributed by atoms with Crippen molar-refractivity contribution in [2.45, 2.75) is 6.42 Å². The molecule has 0 saturated carbocycles. The molecule has 0 spiro atoms. The van der Waals surface area contributed by atoms with Crippen molar-refractivity contribution < 1.29 is 9.59 Å². The first-order valence-corrected chi connectivity index (χ1v) is 5.22. The smallest absolute Gasteiger partial charge is 0.312 e. The number of primary amides is 1. The van der Waals surface area contributed by atoms with Gasteiger partial charge in [-0.05, 0) is 17.7 Å². The van der Waals surface area contributed by atoms with Crippen LogP contribution in [0.4, 0.5) is 10.5 Å². The summed E-state index contributed by atoms with van der Waals surface area (Å²) in [7, 11) is 0. The molecule has 1 aromatic rings. The van der Waals surface area contributed by atoms with Crippen molar-refractivity contribution >= 4 is 17.6 Å². The van der Waals surface area contributed by atoms with Crippen LogP contribution in [0, 0.1) is 0 Å². The van der Waals surface area contributed by atoms with Gasteiger partial charge in [0.25, 0.3) is 0 Å². The number of hydrogen-bond donors (Lipinski definition) is 4. The molecule has 6 N–H and O–H groups in total. The lowest BCUT2D eigenvalue weighted by molar-refractivity contribution is -0.120. The zero-order valence-electron chi connectivity index (χ0n) is 9.40. The van der Waals surface area contributed by atoms with Crippen molar-refractivity contribution in [1.82, 2.24) is 10.6 Å². The Bertz CT molecular complexity index is 389. The van der Waals surface area contributed by atoms with E-state index >= 15 is 0 Å². The molecular weight excluding hydrogens is 220 g/mol. The van der Waals surface area contributed by atoms with Gasteiger partial charge >= 0.3 is 6.03 Å². The molecule has 0 aromatic heterocycles. The van der Waals surface area contributed by atoms with Crippen LogP contribution in [0.15, 0.2) is 24.3 Å². The zero-order valence-corrected chi connectivity index (χ0v) is 9.40. The van der Waals surface area contributed by atoms with E-state index in [1.807, 2.05) is 0 Å². The number of amides is 3. The van der Waals surface area contributed by atoms with Gasteiger partial charge < -0.3 is 22.1 Å². The van der Waals surface area contributed by atoms with Gasteiger partial charge in [-0.2, -0.15) is 0 Å². The molecule has 0 aliphatic rings. The third-order valence-corrected chi connectivity index (χ3v) is 2.09. The minimum atomic E-state index is -0.599. The molecule has 0 unspecified atom stereocenters. The first-order valence-electron chi connectivity index (χ1n) is 5.22. The highest BCUT2D eigenvalue weighted by Gasteiger charge is 2.02. The Morgan fingerprint density at radius 3 is 2.24 bits per heavy atom. The number of hydrogen-bond acceptors (Lipinski definition) is 3. The van der Waals surface area contributed by atoms with Crippen molar-refractivity contribution in [2.24, 2.45) is 5.73 Å². The van der Waals surface area contributed by atoms with Gasteiger partial charge in [0.05, 0.1) is 6.42 Å². The lowest BCUT2D eigenvalue weighted by Crippen LogP contribution is -2.37. The molecule has 0 radical (unpaired) electrons. The highest BCUT2D eigenvalue weighted by molar-refractivity contribution is 5.78. The number of benzene rings is 1. The van der Waals surface area contributed by atoms with E-state index < -0.39 is 6.03 Å². The number of carbonyl (C=O) groups is 2. The molecule has 0 heterocycles. The van der Waals surface area contributed by atoms with Crippen molar-refractivity contribution in [2.75, 3.05) is 18.8 Å². The van der Waals surface area contributed by atoms with E-state index in [9.17, 15) is 9.59 Å². The largest absolute Gasteiger partial charge is 0.399 e. The Labute approximate surface area is 99.4 Å². The van der Waals surface area contributed by atoms with Gasteiger partial charge in [-0.15, -0.1) is 0 Å². The summed E-state index contributed by atoms with van der Waals surface area (Å²) in [6.07, 6.45) is 0.289. The molecule has 3 amide bonds. The average Bonchev–Trinajstić information content (AvgIpc) is 2.27. The van der Waals surface area contributed by atoms with Gasteiger partial charge in [0.1, 0.15) is 0 Å². The van der Waals surface area contributed by atoms with Crippen molar-refractivity contribution in [3.63, 3.8) is 0 Å². The van der Waals surface area contributed by atoms with Crippen LogP contribution in [0.1, 0.15) is 5.56 Å². The highest BCUT2D eigenvalue weighted by atomic mass is 16.2. The average molecular weight is 236 g/mol. The first kappa shape index (κ1) is 12.8. The van der Waals surface area contributed by atoms with Crippen molar-refractivity contribution in [3.8, 4) is 0 Å². The quantitative estimate of drug-likeness (QED) is 0.412. The normalized spacial score (nSPS) is 9.65. The number of rotatable bonds is 5. The molecule has 0 aliphatic heterocycles. The summed E-state index contributed by atoms with van der Waals surface area (Å²) in [4.78, 5) is 21.8. The third-order valence-electron chi connectivity index (χ3n) is 2.09. The van der Waals surface area contributed by atoms with E-state index in [0.29, 0.717) is 18.8 Å². The predicted molar refractivity (Wildman–Crippen MR) is 65.2 cm³/mol. The second-order valence-electron chi connectivity index (χ2n) is 3.56. The maximum Gasteiger partial charge on any atom is 0.312 e. The zero-order chi connectivity index (χ0) is 12.7. The van der Waals surface area contributed by atoms with Crippen LogP contribution in [0.25, 0.3) is 0 Å². The van der Waals surface area contributed by atoms with Crippen molar-refractivity contribution in [1.29, 1.82) is 0 Å². The van der Waals surface area contributed by atoms with Crippen LogP contribution in [-0.4, -0.2) is 25.0 Å². The Balaban J connectivity index is 2.25. The van der Waals surface area contributed by atoms with Gasteiger partial charge in [-0.25, -0.2) is 4.79 Å². The van der Waals surface area contributed by atoms with E-state index in [0.717, 1.165) is 5.56 Å². The summed E-state index contributed by atoms with van der Waals surface area (Å²) in [5.74, 6) is -0.110. The van der Waals surface area contributed by atoms with Crippen LogP contribution in [-0.2, 0) is 11.2 Å². The lowest BCUT2D eigenvalue weighted by Gasteiger charge is -2.05. The van der Waals surface area contributed by atoms with Gasteiger partial charge in [0.15, 0.2) is 0 Å². The number of nitrogen functional groups attached to an aromatic ring is 1. The molecule has 1 rings (SSSR count). The Morgan fingerprint density at radius 2 is 1.65 bits per heavy atom. The fourth-order valence-corrected chi connectivity index (χ4v) is 1.27. The molecule has 0 fully saturated rings. The molecular formula is C11H16N4O2. The minimum absolute atomic E-state index is 0.110. The fraction of sp³-hybridized carbons (Fsp3) is 0.273. The Morgan fingerprint density at radius 1 is 1.06 bits per heavy atom. The molecule has 6 nitrogen and oxygen atoms in total. The van der Waals surface area contributed by atoms with Gasteiger partial charge in [0.2, 0.25) is 5.91 Å². The SMILES string of the molecule is NC(=O)NCCNC(=O)Cc1ccc(N)cc1. The van der Waals surface area contributed by atoms with E-state index in [1.165, 1.54) is 0 Å². The van der Waals surface area contributed by atoms with E-state index in [-0.39, 0.29) is 12.3 Å². The molecule has 0 saturated heterocycles. The number of urea groups is 1. The summed E-state index contributed by atoms with van der Waals surface area (Å²) in [5, 5.41) is 5.04. The van der Waals surface area contributed by atoms with Gasteiger partial charge in [0, 0.05) is 18.8 Å². The van der Waals surface area contributed by atoms with Crippen LogP contribution in [0.2, 0.25) is 0 Å². The van der Waals surface area contributed by atoms with Crippen molar-refractivity contribution in [3.05, 3.63) is 29.8 Å².